The van der Waals surface area contributed by atoms with E-state index in [1.165, 1.54) is 12.0 Å². The SMILES string of the molecule is COc1ccc(Cl)cc1NC(=O)c1ccc(N2C(=O)[C@H]3C[C@@H](Br)[C@@H](Br)C[C@H]3C2=O)cc1. The van der Waals surface area contributed by atoms with Gasteiger partial charge in [-0.05, 0) is 55.3 Å². The van der Waals surface area contributed by atoms with Crippen molar-refractivity contribution in [2.45, 2.75) is 22.5 Å². The van der Waals surface area contributed by atoms with Gasteiger partial charge in [0.05, 0.1) is 30.3 Å². The maximum Gasteiger partial charge on any atom is 0.255 e. The summed E-state index contributed by atoms with van der Waals surface area (Å²) in [6.45, 7) is 0. The van der Waals surface area contributed by atoms with Crippen molar-refractivity contribution in [2.75, 3.05) is 17.3 Å². The van der Waals surface area contributed by atoms with Crippen molar-refractivity contribution in [3.8, 4) is 5.75 Å². The lowest BCUT2D eigenvalue weighted by Crippen LogP contribution is -2.34. The molecule has 162 valence electrons. The van der Waals surface area contributed by atoms with Gasteiger partial charge in [-0.25, -0.2) is 0 Å². The van der Waals surface area contributed by atoms with Crippen LogP contribution in [0.1, 0.15) is 23.2 Å². The van der Waals surface area contributed by atoms with Crippen LogP contribution in [0.5, 0.6) is 5.75 Å². The summed E-state index contributed by atoms with van der Waals surface area (Å²) in [5.41, 5.74) is 1.30. The molecule has 0 aromatic heterocycles. The van der Waals surface area contributed by atoms with E-state index in [1.54, 1.807) is 42.5 Å². The van der Waals surface area contributed by atoms with E-state index in [4.69, 9.17) is 16.3 Å². The highest BCUT2D eigenvalue weighted by atomic mass is 79.9. The largest absolute Gasteiger partial charge is 0.495 e. The third-order valence-corrected chi connectivity index (χ3v) is 8.68. The molecule has 31 heavy (non-hydrogen) atoms. The van der Waals surface area contributed by atoms with E-state index in [-0.39, 0.29) is 39.2 Å². The van der Waals surface area contributed by atoms with Crippen molar-refractivity contribution in [3.63, 3.8) is 0 Å². The first-order valence-electron chi connectivity index (χ1n) is 9.71. The van der Waals surface area contributed by atoms with Gasteiger partial charge in [0.25, 0.3) is 5.91 Å². The number of rotatable bonds is 4. The molecule has 2 fully saturated rings. The molecule has 2 aromatic carbocycles. The van der Waals surface area contributed by atoms with E-state index in [0.29, 0.717) is 40.6 Å². The Morgan fingerprint density at radius 2 is 1.61 bits per heavy atom. The topological polar surface area (TPSA) is 75.7 Å². The lowest BCUT2D eigenvalue weighted by Gasteiger charge is -2.29. The summed E-state index contributed by atoms with van der Waals surface area (Å²) in [6, 6.07) is 11.4. The lowest BCUT2D eigenvalue weighted by molar-refractivity contribution is -0.122. The quantitative estimate of drug-likeness (QED) is 0.414. The highest BCUT2D eigenvalue weighted by molar-refractivity contribution is 9.12. The number of fused-ring (bicyclic) bond motifs is 1. The van der Waals surface area contributed by atoms with Crippen LogP contribution in [0.3, 0.4) is 0 Å². The van der Waals surface area contributed by atoms with Crippen LogP contribution in [-0.4, -0.2) is 34.5 Å². The number of halogens is 3. The van der Waals surface area contributed by atoms with Crippen molar-refractivity contribution >= 4 is 72.6 Å². The molecule has 6 nitrogen and oxygen atoms in total. The van der Waals surface area contributed by atoms with Crippen molar-refractivity contribution in [1.82, 2.24) is 0 Å². The zero-order valence-corrected chi connectivity index (χ0v) is 20.4. The van der Waals surface area contributed by atoms with Gasteiger partial charge in [0.2, 0.25) is 11.8 Å². The van der Waals surface area contributed by atoms with Gasteiger partial charge in [0, 0.05) is 20.2 Å². The molecule has 0 spiro atoms. The van der Waals surface area contributed by atoms with E-state index in [2.05, 4.69) is 37.2 Å². The van der Waals surface area contributed by atoms with Crippen molar-refractivity contribution in [3.05, 3.63) is 53.1 Å². The third-order valence-electron chi connectivity index (χ3n) is 5.71. The molecule has 9 heteroatoms. The van der Waals surface area contributed by atoms with Gasteiger partial charge < -0.3 is 10.1 Å². The molecule has 1 saturated heterocycles. The fraction of sp³-hybridized carbons (Fsp3) is 0.318. The van der Waals surface area contributed by atoms with Gasteiger partial charge in [-0.3, -0.25) is 19.3 Å². The molecular weight excluding hydrogens is 552 g/mol. The van der Waals surface area contributed by atoms with Crippen LogP contribution in [0.2, 0.25) is 5.02 Å². The number of alkyl halides is 2. The Labute approximate surface area is 201 Å². The van der Waals surface area contributed by atoms with Gasteiger partial charge in [-0.15, -0.1) is 0 Å². The first-order valence-corrected chi connectivity index (χ1v) is 11.9. The lowest BCUT2D eigenvalue weighted by atomic mass is 9.81. The summed E-state index contributed by atoms with van der Waals surface area (Å²) in [7, 11) is 1.50. The molecule has 1 saturated carbocycles. The number of hydrogen-bond acceptors (Lipinski definition) is 4. The fourth-order valence-corrected chi connectivity index (χ4v) is 5.49. The number of methoxy groups -OCH3 is 1. The van der Waals surface area contributed by atoms with Gasteiger partial charge in [0.15, 0.2) is 0 Å². The van der Waals surface area contributed by atoms with Crippen molar-refractivity contribution < 1.29 is 19.1 Å². The molecule has 0 bridgehead atoms. The second-order valence-corrected chi connectivity index (χ2v) is 10.4. The number of carbonyl (C=O) groups excluding carboxylic acids is 3. The molecule has 4 rings (SSSR count). The predicted molar refractivity (Wildman–Crippen MR) is 127 cm³/mol. The number of hydrogen-bond donors (Lipinski definition) is 1. The first kappa shape index (κ1) is 22.3. The number of anilines is 2. The zero-order valence-electron chi connectivity index (χ0n) is 16.5. The van der Waals surface area contributed by atoms with Crippen LogP contribution >= 0.6 is 43.5 Å². The summed E-state index contributed by atoms with van der Waals surface area (Å²) >= 11 is 13.2. The summed E-state index contributed by atoms with van der Waals surface area (Å²) < 4.78 is 5.25. The van der Waals surface area contributed by atoms with Crippen molar-refractivity contribution in [2.24, 2.45) is 11.8 Å². The average molecular weight is 571 g/mol. The molecule has 1 heterocycles. The second-order valence-electron chi connectivity index (χ2n) is 7.57. The zero-order chi connectivity index (χ0) is 22.3. The Hall–Kier alpha value is -1.90. The van der Waals surface area contributed by atoms with Crippen LogP contribution in [0.15, 0.2) is 42.5 Å². The Bertz CT molecular complexity index is 1020. The Kier molecular flexibility index (Phi) is 6.42. The Morgan fingerprint density at radius 1 is 1.03 bits per heavy atom. The van der Waals surface area contributed by atoms with Gasteiger partial charge in [-0.2, -0.15) is 0 Å². The number of imide groups is 1. The molecule has 1 aliphatic carbocycles. The van der Waals surface area contributed by atoms with E-state index in [9.17, 15) is 14.4 Å². The van der Waals surface area contributed by atoms with Gasteiger partial charge in [0.1, 0.15) is 5.75 Å². The molecular formula is C22H19Br2ClN2O4. The number of ether oxygens (including phenoxy) is 1. The van der Waals surface area contributed by atoms with Crippen LogP contribution < -0.4 is 15.0 Å². The molecule has 0 unspecified atom stereocenters. The molecule has 4 atom stereocenters. The summed E-state index contributed by atoms with van der Waals surface area (Å²) in [6.07, 6.45) is 1.23. The number of nitrogens with one attached hydrogen (secondary N) is 1. The maximum atomic E-state index is 12.9. The highest BCUT2D eigenvalue weighted by Crippen LogP contribution is 2.44. The standard InChI is InChI=1S/C22H19Br2ClN2O4/c1-31-19-7-4-12(25)8-18(19)26-20(28)11-2-5-13(6-3-11)27-21(29)14-9-16(23)17(24)10-15(14)22(27)30/h2-8,14-17H,9-10H2,1H3,(H,26,28)/t14-,15+,16+,17-. The van der Waals surface area contributed by atoms with Crippen molar-refractivity contribution in [1.29, 1.82) is 0 Å². The van der Waals surface area contributed by atoms with Crippen LogP contribution in [0.25, 0.3) is 0 Å². The molecule has 2 aliphatic rings. The van der Waals surface area contributed by atoms with E-state index in [1.807, 2.05) is 0 Å². The van der Waals surface area contributed by atoms with E-state index < -0.39 is 0 Å². The molecule has 2 aromatic rings. The van der Waals surface area contributed by atoms with E-state index in [0.717, 1.165) is 0 Å². The first-order chi connectivity index (χ1) is 14.8. The highest BCUT2D eigenvalue weighted by Gasteiger charge is 2.52. The third kappa shape index (κ3) is 4.25. The Morgan fingerprint density at radius 3 is 2.16 bits per heavy atom. The minimum Gasteiger partial charge on any atom is -0.495 e. The van der Waals surface area contributed by atoms with E-state index >= 15 is 0 Å². The minimum absolute atomic E-state index is 0.153. The van der Waals surface area contributed by atoms with Gasteiger partial charge in [-0.1, -0.05) is 43.5 Å². The monoisotopic (exact) mass is 568 g/mol. The van der Waals surface area contributed by atoms with Crippen LogP contribution in [-0.2, 0) is 9.59 Å². The second kappa shape index (κ2) is 8.92. The van der Waals surface area contributed by atoms with Gasteiger partial charge >= 0.3 is 0 Å². The molecule has 0 radical (unpaired) electrons. The normalized spacial score (nSPS) is 25.4. The van der Waals surface area contributed by atoms with Crippen LogP contribution in [0.4, 0.5) is 11.4 Å². The number of nitrogens with zero attached hydrogens (tertiary/aromatic N) is 1. The average Bonchev–Trinajstić information content (AvgIpc) is 2.98. The predicted octanol–water partition coefficient (Wildman–Crippen LogP) is 5.03. The number of amides is 3. The summed E-state index contributed by atoms with van der Waals surface area (Å²) in [5.74, 6) is -0.864. The Balaban J connectivity index is 1.52. The summed E-state index contributed by atoms with van der Waals surface area (Å²) in [5, 5.41) is 3.24. The number of carbonyl (C=O) groups is 3. The smallest absolute Gasteiger partial charge is 0.255 e. The maximum absolute atomic E-state index is 12.9. The fourth-order valence-electron chi connectivity index (χ4n) is 4.08. The molecule has 1 aliphatic heterocycles. The van der Waals surface area contributed by atoms with Crippen LogP contribution in [0, 0.1) is 11.8 Å². The summed E-state index contributed by atoms with van der Waals surface area (Å²) in [4.78, 5) is 40.1. The number of benzene rings is 2. The minimum atomic E-state index is -0.357. The molecule has 3 amide bonds. The molecule has 1 N–H and O–H groups in total.